The van der Waals surface area contributed by atoms with Gasteiger partial charge in [0.05, 0.1) is 11.3 Å². The van der Waals surface area contributed by atoms with Crippen molar-refractivity contribution in [2.45, 2.75) is 6.42 Å². The lowest BCUT2D eigenvalue weighted by molar-refractivity contribution is 0.0663. The molecule has 2 aromatic rings. The molecule has 1 aromatic heterocycles. The number of rotatable bonds is 5. The van der Waals surface area contributed by atoms with Crippen molar-refractivity contribution in [1.29, 1.82) is 0 Å². The first-order chi connectivity index (χ1) is 12.1. The average Bonchev–Trinajstić information content (AvgIpc) is 2.62. The first-order valence-electron chi connectivity index (χ1n) is 8.53. The number of aromatic nitrogens is 1. The van der Waals surface area contributed by atoms with Crippen LogP contribution in [-0.2, 0) is 6.42 Å². The van der Waals surface area contributed by atoms with E-state index >= 15 is 0 Å². The van der Waals surface area contributed by atoms with Crippen LogP contribution in [0.1, 0.15) is 15.9 Å². The highest BCUT2D eigenvalue weighted by atomic mass is 35.5. The second-order valence-corrected chi connectivity index (χ2v) is 6.80. The number of piperazine rings is 1. The zero-order chi connectivity index (χ0) is 17.6. The fourth-order valence-electron chi connectivity index (χ4n) is 2.89. The molecule has 0 bridgehead atoms. The Kier molecular flexibility index (Phi) is 5.89. The summed E-state index contributed by atoms with van der Waals surface area (Å²) in [6, 6.07) is 9.73. The van der Waals surface area contributed by atoms with E-state index in [1.54, 1.807) is 12.4 Å². The van der Waals surface area contributed by atoms with Crippen molar-refractivity contribution in [3.05, 3.63) is 58.9 Å². The van der Waals surface area contributed by atoms with Crippen molar-refractivity contribution in [2.24, 2.45) is 0 Å². The van der Waals surface area contributed by atoms with E-state index in [0.717, 1.165) is 49.9 Å². The molecule has 0 atom stereocenters. The summed E-state index contributed by atoms with van der Waals surface area (Å²) in [7, 11) is 2.08. The maximum atomic E-state index is 12.6. The second-order valence-electron chi connectivity index (χ2n) is 6.36. The number of amides is 1. The Balaban J connectivity index is 1.56. The van der Waals surface area contributed by atoms with Gasteiger partial charge in [0, 0.05) is 50.1 Å². The Morgan fingerprint density at radius 1 is 1.20 bits per heavy atom. The highest BCUT2D eigenvalue weighted by Crippen LogP contribution is 2.14. The van der Waals surface area contributed by atoms with Gasteiger partial charge < -0.3 is 15.1 Å². The van der Waals surface area contributed by atoms with Gasteiger partial charge in [0.25, 0.3) is 5.91 Å². The van der Waals surface area contributed by atoms with Crippen LogP contribution < -0.4 is 5.32 Å². The van der Waals surface area contributed by atoms with Crippen LogP contribution in [0.5, 0.6) is 0 Å². The molecule has 1 aliphatic heterocycles. The molecule has 1 aliphatic rings. The molecule has 1 aromatic carbocycles. The van der Waals surface area contributed by atoms with Gasteiger partial charge in [0.15, 0.2) is 0 Å². The minimum Gasteiger partial charge on any atom is -0.383 e. The Morgan fingerprint density at radius 3 is 2.76 bits per heavy atom. The van der Waals surface area contributed by atoms with E-state index in [-0.39, 0.29) is 5.91 Å². The number of benzene rings is 1. The van der Waals surface area contributed by atoms with E-state index in [1.807, 2.05) is 29.2 Å². The van der Waals surface area contributed by atoms with Crippen molar-refractivity contribution in [3.63, 3.8) is 0 Å². The second kappa shape index (κ2) is 8.32. The number of anilines is 1. The molecule has 0 aliphatic carbocycles. The Morgan fingerprint density at radius 2 is 2.00 bits per heavy atom. The number of nitrogens with zero attached hydrogens (tertiary/aromatic N) is 3. The molecule has 132 valence electrons. The summed E-state index contributed by atoms with van der Waals surface area (Å²) in [5.41, 5.74) is 2.68. The van der Waals surface area contributed by atoms with Gasteiger partial charge in [0.2, 0.25) is 0 Å². The molecule has 1 N–H and O–H groups in total. The van der Waals surface area contributed by atoms with Crippen LogP contribution in [0.3, 0.4) is 0 Å². The molecule has 1 fully saturated rings. The van der Waals surface area contributed by atoms with Gasteiger partial charge in [-0.3, -0.25) is 9.78 Å². The van der Waals surface area contributed by atoms with Crippen LogP contribution in [0.2, 0.25) is 5.02 Å². The van der Waals surface area contributed by atoms with Gasteiger partial charge in [-0.1, -0.05) is 23.7 Å². The van der Waals surface area contributed by atoms with Crippen LogP contribution in [-0.4, -0.2) is 60.5 Å². The summed E-state index contributed by atoms with van der Waals surface area (Å²) in [5.74, 6) is 0.0547. The summed E-state index contributed by atoms with van der Waals surface area (Å²) < 4.78 is 0. The van der Waals surface area contributed by atoms with E-state index in [0.29, 0.717) is 5.56 Å². The highest BCUT2D eigenvalue weighted by Gasteiger charge is 2.20. The predicted octanol–water partition coefficient (Wildman–Crippen LogP) is 2.78. The Bertz CT molecular complexity index is 729. The number of carbonyl (C=O) groups is 1. The Hall–Kier alpha value is -2.11. The quantitative estimate of drug-likeness (QED) is 0.892. The largest absolute Gasteiger partial charge is 0.383 e. The van der Waals surface area contributed by atoms with E-state index in [2.05, 4.69) is 28.3 Å². The number of hydrogen-bond acceptors (Lipinski definition) is 4. The molecule has 1 amide bonds. The normalized spacial score (nSPS) is 15.2. The zero-order valence-electron chi connectivity index (χ0n) is 14.4. The summed E-state index contributed by atoms with van der Waals surface area (Å²) in [6.45, 7) is 4.12. The molecule has 25 heavy (non-hydrogen) atoms. The van der Waals surface area contributed by atoms with E-state index in [9.17, 15) is 4.79 Å². The van der Waals surface area contributed by atoms with Gasteiger partial charge in [0.1, 0.15) is 0 Å². The number of hydrogen-bond donors (Lipinski definition) is 1. The molecule has 2 heterocycles. The van der Waals surface area contributed by atoms with Crippen LogP contribution in [0, 0.1) is 0 Å². The summed E-state index contributed by atoms with van der Waals surface area (Å²) >= 11 is 6.00. The number of halogens is 1. The molecule has 0 spiro atoms. The minimum absolute atomic E-state index is 0.0547. The molecule has 5 nitrogen and oxygen atoms in total. The molecule has 0 radical (unpaired) electrons. The van der Waals surface area contributed by atoms with E-state index in [4.69, 9.17) is 11.6 Å². The number of likely N-dealkylation sites (N-methyl/N-ethyl adjacent to an activating group) is 1. The third-order valence-electron chi connectivity index (χ3n) is 4.41. The number of carbonyl (C=O) groups excluding carboxylic acids is 1. The monoisotopic (exact) mass is 358 g/mol. The highest BCUT2D eigenvalue weighted by molar-refractivity contribution is 6.30. The molecule has 0 saturated carbocycles. The molecule has 3 rings (SSSR count). The first kappa shape index (κ1) is 17.7. The van der Waals surface area contributed by atoms with Crippen molar-refractivity contribution in [1.82, 2.24) is 14.8 Å². The van der Waals surface area contributed by atoms with E-state index in [1.165, 1.54) is 5.56 Å². The summed E-state index contributed by atoms with van der Waals surface area (Å²) in [5, 5.41) is 4.08. The van der Waals surface area contributed by atoms with Gasteiger partial charge in [-0.05, 0) is 37.2 Å². The number of pyridine rings is 1. The van der Waals surface area contributed by atoms with Gasteiger partial charge in [-0.15, -0.1) is 0 Å². The zero-order valence-corrected chi connectivity index (χ0v) is 15.2. The van der Waals surface area contributed by atoms with Crippen molar-refractivity contribution in [2.75, 3.05) is 45.1 Å². The molecule has 1 saturated heterocycles. The average molecular weight is 359 g/mol. The summed E-state index contributed by atoms with van der Waals surface area (Å²) in [4.78, 5) is 21.0. The standard InChI is InChI=1S/C19H23ClN4O/c1-23-7-9-24(10-8-23)19(25)16-12-18(14-21-13-16)22-6-5-15-3-2-4-17(20)11-15/h2-4,11-14,22H,5-10H2,1H3. The molecule has 0 unspecified atom stereocenters. The van der Waals surface area contributed by atoms with Crippen LogP contribution >= 0.6 is 11.6 Å². The Labute approximate surface area is 153 Å². The van der Waals surface area contributed by atoms with Crippen molar-refractivity contribution >= 4 is 23.2 Å². The fourth-order valence-corrected chi connectivity index (χ4v) is 3.10. The van der Waals surface area contributed by atoms with Crippen LogP contribution in [0.25, 0.3) is 0 Å². The molecular weight excluding hydrogens is 336 g/mol. The summed E-state index contributed by atoms with van der Waals surface area (Å²) in [6.07, 6.45) is 4.25. The lowest BCUT2D eigenvalue weighted by Crippen LogP contribution is -2.47. The number of nitrogens with one attached hydrogen (secondary N) is 1. The predicted molar refractivity (Wildman–Crippen MR) is 101 cm³/mol. The van der Waals surface area contributed by atoms with Crippen molar-refractivity contribution < 1.29 is 4.79 Å². The minimum atomic E-state index is 0.0547. The van der Waals surface area contributed by atoms with Crippen molar-refractivity contribution in [3.8, 4) is 0 Å². The lowest BCUT2D eigenvalue weighted by atomic mass is 10.1. The topological polar surface area (TPSA) is 48.5 Å². The first-order valence-corrected chi connectivity index (χ1v) is 8.91. The van der Waals surface area contributed by atoms with Gasteiger partial charge in [-0.25, -0.2) is 0 Å². The van der Waals surface area contributed by atoms with Crippen LogP contribution in [0.4, 0.5) is 5.69 Å². The smallest absolute Gasteiger partial charge is 0.255 e. The van der Waals surface area contributed by atoms with Crippen LogP contribution in [0.15, 0.2) is 42.7 Å². The van der Waals surface area contributed by atoms with Gasteiger partial charge >= 0.3 is 0 Å². The SMILES string of the molecule is CN1CCN(C(=O)c2cncc(NCCc3cccc(Cl)c3)c2)CC1. The van der Waals surface area contributed by atoms with Gasteiger partial charge in [-0.2, -0.15) is 0 Å². The maximum Gasteiger partial charge on any atom is 0.255 e. The third-order valence-corrected chi connectivity index (χ3v) is 4.64. The lowest BCUT2D eigenvalue weighted by Gasteiger charge is -2.32. The molecular formula is C19H23ClN4O. The third kappa shape index (κ3) is 4.94. The maximum absolute atomic E-state index is 12.6. The van der Waals surface area contributed by atoms with E-state index < -0.39 is 0 Å². The fraction of sp³-hybridized carbons (Fsp3) is 0.368. The molecule has 6 heteroatoms.